The van der Waals surface area contributed by atoms with Crippen molar-refractivity contribution in [1.29, 1.82) is 0 Å². The Hall–Kier alpha value is -4.01. The first-order valence-corrected chi connectivity index (χ1v) is 10.1. The molecule has 0 bridgehead atoms. The van der Waals surface area contributed by atoms with Crippen LogP contribution in [-0.2, 0) is 7.05 Å². The molecule has 158 valence electrons. The van der Waals surface area contributed by atoms with Gasteiger partial charge in [-0.1, -0.05) is 30.3 Å². The number of fused-ring (bicyclic) bond motifs is 1. The summed E-state index contributed by atoms with van der Waals surface area (Å²) < 4.78 is 3.06. The molecule has 3 heterocycles. The minimum absolute atomic E-state index is 0.211. The first-order chi connectivity index (χ1) is 15.0. The van der Waals surface area contributed by atoms with Gasteiger partial charge in [0.05, 0.1) is 11.8 Å². The molecule has 3 aromatic heterocycles. The molecular weight excluding hydrogens is 394 g/mol. The van der Waals surface area contributed by atoms with Gasteiger partial charge >= 0.3 is 0 Å². The average Bonchev–Trinajstić information content (AvgIpc) is 3.38. The van der Waals surface area contributed by atoms with Crippen LogP contribution in [0.1, 0.15) is 34.7 Å². The molecule has 0 unspecified atom stereocenters. The quantitative estimate of drug-likeness (QED) is 0.520. The fourth-order valence-electron chi connectivity index (χ4n) is 3.40. The lowest BCUT2D eigenvalue weighted by Gasteiger charge is -2.18. The SMILES string of the molecule is CCN(CC)C(=O)c1cnn(C)c1C(=O)Nc1ccn2nc(-c3ccccc3)nc2c1. The van der Waals surface area contributed by atoms with Gasteiger partial charge in [0, 0.05) is 43.7 Å². The Labute approximate surface area is 179 Å². The van der Waals surface area contributed by atoms with E-state index in [1.165, 1.54) is 10.9 Å². The molecule has 1 aromatic carbocycles. The number of nitrogens with zero attached hydrogens (tertiary/aromatic N) is 6. The molecule has 9 heteroatoms. The Morgan fingerprint density at radius 1 is 1.10 bits per heavy atom. The summed E-state index contributed by atoms with van der Waals surface area (Å²) >= 11 is 0. The lowest BCUT2D eigenvalue weighted by Crippen LogP contribution is -2.32. The Bertz CT molecular complexity index is 1240. The number of aromatic nitrogens is 5. The number of aryl methyl sites for hydroxylation is 1. The number of hydrogen-bond donors (Lipinski definition) is 1. The minimum atomic E-state index is -0.414. The number of benzene rings is 1. The smallest absolute Gasteiger partial charge is 0.274 e. The number of amides is 2. The number of rotatable bonds is 6. The first-order valence-electron chi connectivity index (χ1n) is 10.1. The normalized spacial score (nSPS) is 10.9. The van der Waals surface area contributed by atoms with Gasteiger partial charge in [0.15, 0.2) is 11.5 Å². The predicted octanol–water partition coefficient (Wildman–Crippen LogP) is 2.86. The summed E-state index contributed by atoms with van der Waals surface area (Å²) in [4.78, 5) is 32.0. The molecule has 0 fully saturated rings. The molecule has 0 spiro atoms. The van der Waals surface area contributed by atoms with Crippen LogP contribution in [0.15, 0.2) is 54.9 Å². The monoisotopic (exact) mass is 417 g/mol. The Kier molecular flexibility index (Phi) is 5.48. The lowest BCUT2D eigenvalue weighted by atomic mass is 10.2. The van der Waals surface area contributed by atoms with Gasteiger partial charge in [-0.25, -0.2) is 9.50 Å². The maximum absolute atomic E-state index is 13.0. The first kappa shape index (κ1) is 20.3. The minimum Gasteiger partial charge on any atom is -0.339 e. The summed E-state index contributed by atoms with van der Waals surface area (Å²) in [6.45, 7) is 4.90. The summed E-state index contributed by atoms with van der Waals surface area (Å²) in [5.74, 6) is -0.0332. The van der Waals surface area contributed by atoms with Crippen molar-refractivity contribution >= 4 is 23.1 Å². The van der Waals surface area contributed by atoms with Crippen molar-refractivity contribution in [2.75, 3.05) is 18.4 Å². The Morgan fingerprint density at radius 2 is 1.84 bits per heavy atom. The highest BCUT2D eigenvalue weighted by Gasteiger charge is 2.25. The zero-order valence-electron chi connectivity index (χ0n) is 17.6. The van der Waals surface area contributed by atoms with Gasteiger partial charge in [0.2, 0.25) is 0 Å². The van der Waals surface area contributed by atoms with E-state index in [2.05, 4.69) is 20.5 Å². The molecule has 0 saturated carbocycles. The second kappa shape index (κ2) is 8.39. The molecule has 0 saturated heterocycles. The average molecular weight is 417 g/mol. The van der Waals surface area contributed by atoms with Crippen LogP contribution >= 0.6 is 0 Å². The second-order valence-electron chi connectivity index (χ2n) is 6.98. The van der Waals surface area contributed by atoms with Gasteiger partial charge in [-0.3, -0.25) is 14.3 Å². The van der Waals surface area contributed by atoms with Crippen LogP contribution in [0.4, 0.5) is 5.69 Å². The zero-order chi connectivity index (χ0) is 22.0. The van der Waals surface area contributed by atoms with Crippen LogP contribution in [0.2, 0.25) is 0 Å². The highest BCUT2D eigenvalue weighted by molar-refractivity contribution is 6.11. The van der Waals surface area contributed by atoms with E-state index in [9.17, 15) is 9.59 Å². The highest BCUT2D eigenvalue weighted by atomic mass is 16.2. The predicted molar refractivity (Wildman–Crippen MR) is 117 cm³/mol. The summed E-state index contributed by atoms with van der Waals surface area (Å²) in [5, 5.41) is 11.4. The van der Waals surface area contributed by atoms with Gasteiger partial charge in [-0.05, 0) is 19.9 Å². The molecule has 0 aliphatic rings. The molecule has 31 heavy (non-hydrogen) atoms. The van der Waals surface area contributed by atoms with Crippen LogP contribution in [-0.4, -0.2) is 54.2 Å². The maximum Gasteiger partial charge on any atom is 0.274 e. The summed E-state index contributed by atoms with van der Waals surface area (Å²) in [6.07, 6.45) is 3.17. The van der Waals surface area contributed by atoms with Gasteiger partial charge in [0.25, 0.3) is 11.8 Å². The third-order valence-electron chi connectivity index (χ3n) is 5.06. The second-order valence-corrected chi connectivity index (χ2v) is 6.98. The lowest BCUT2D eigenvalue weighted by molar-refractivity contribution is 0.0767. The zero-order valence-corrected chi connectivity index (χ0v) is 17.6. The van der Waals surface area contributed by atoms with E-state index in [0.29, 0.717) is 30.2 Å². The Balaban J connectivity index is 1.61. The van der Waals surface area contributed by atoms with E-state index < -0.39 is 5.91 Å². The van der Waals surface area contributed by atoms with E-state index in [-0.39, 0.29) is 17.2 Å². The summed E-state index contributed by atoms with van der Waals surface area (Å²) in [5.41, 5.74) is 2.54. The van der Waals surface area contributed by atoms with Crippen molar-refractivity contribution in [3.8, 4) is 11.4 Å². The number of pyridine rings is 1. The largest absolute Gasteiger partial charge is 0.339 e. The van der Waals surface area contributed by atoms with Gasteiger partial charge in [-0.15, -0.1) is 5.10 Å². The van der Waals surface area contributed by atoms with Crippen molar-refractivity contribution in [2.45, 2.75) is 13.8 Å². The van der Waals surface area contributed by atoms with Crippen molar-refractivity contribution in [3.05, 3.63) is 66.1 Å². The van der Waals surface area contributed by atoms with Crippen LogP contribution in [0, 0.1) is 0 Å². The fourth-order valence-corrected chi connectivity index (χ4v) is 3.40. The van der Waals surface area contributed by atoms with E-state index in [0.717, 1.165) is 5.56 Å². The van der Waals surface area contributed by atoms with Crippen molar-refractivity contribution in [3.63, 3.8) is 0 Å². The third-order valence-corrected chi connectivity index (χ3v) is 5.06. The molecule has 2 amide bonds. The Morgan fingerprint density at radius 3 is 2.55 bits per heavy atom. The third kappa shape index (κ3) is 3.89. The molecular formula is C22H23N7O2. The van der Waals surface area contributed by atoms with Gasteiger partial charge in [0.1, 0.15) is 5.69 Å². The van der Waals surface area contributed by atoms with Crippen molar-refractivity contribution in [1.82, 2.24) is 29.3 Å². The summed E-state index contributed by atoms with van der Waals surface area (Å²) in [6, 6.07) is 13.1. The van der Waals surface area contributed by atoms with Crippen molar-refractivity contribution in [2.24, 2.45) is 7.05 Å². The van der Waals surface area contributed by atoms with Gasteiger partial charge < -0.3 is 10.2 Å². The molecule has 0 radical (unpaired) electrons. The fraction of sp³-hybridized carbons (Fsp3) is 0.227. The van der Waals surface area contributed by atoms with E-state index in [4.69, 9.17) is 0 Å². The van der Waals surface area contributed by atoms with Crippen LogP contribution in [0.25, 0.3) is 17.0 Å². The molecule has 4 aromatic rings. The van der Waals surface area contributed by atoms with E-state index >= 15 is 0 Å². The van der Waals surface area contributed by atoms with Crippen LogP contribution < -0.4 is 5.32 Å². The van der Waals surface area contributed by atoms with E-state index in [1.807, 2.05) is 44.2 Å². The molecule has 1 N–H and O–H groups in total. The maximum atomic E-state index is 13.0. The molecule has 9 nitrogen and oxygen atoms in total. The van der Waals surface area contributed by atoms with Gasteiger partial charge in [-0.2, -0.15) is 5.10 Å². The highest BCUT2D eigenvalue weighted by Crippen LogP contribution is 2.19. The molecule has 0 aliphatic carbocycles. The topological polar surface area (TPSA) is 97.4 Å². The van der Waals surface area contributed by atoms with Crippen LogP contribution in [0.3, 0.4) is 0 Å². The molecule has 0 aliphatic heterocycles. The number of carbonyl (C=O) groups is 2. The van der Waals surface area contributed by atoms with Crippen molar-refractivity contribution < 1.29 is 9.59 Å². The molecule has 4 rings (SSSR count). The number of anilines is 1. The summed E-state index contributed by atoms with van der Waals surface area (Å²) in [7, 11) is 1.64. The number of hydrogen-bond acceptors (Lipinski definition) is 5. The number of nitrogens with one attached hydrogen (secondary N) is 1. The van der Waals surface area contributed by atoms with Crippen LogP contribution in [0.5, 0.6) is 0 Å². The molecule has 0 atom stereocenters. The standard InChI is InChI=1S/C22H23N7O2/c1-4-28(5-2)22(31)17-14-23-27(3)19(17)21(30)24-16-11-12-29-18(13-16)25-20(26-29)15-9-7-6-8-10-15/h6-14H,4-5H2,1-3H3,(H,24,30). The number of carbonyl (C=O) groups excluding carboxylic acids is 2. The van der Waals surface area contributed by atoms with E-state index in [1.54, 1.807) is 34.8 Å².